The minimum atomic E-state index is -0.261. The second-order valence-electron chi connectivity index (χ2n) is 4.35. The van der Waals surface area contributed by atoms with E-state index in [9.17, 15) is 10.1 Å². The van der Waals surface area contributed by atoms with E-state index in [-0.39, 0.29) is 17.2 Å². The van der Waals surface area contributed by atoms with Crippen LogP contribution in [0.4, 0.5) is 11.5 Å². The van der Waals surface area contributed by atoms with Crippen LogP contribution in [0.15, 0.2) is 30.3 Å². The molecule has 1 aromatic carbocycles. The van der Waals surface area contributed by atoms with Crippen LogP contribution >= 0.6 is 0 Å². The number of aromatic nitrogens is 1. The molecule has 0 saturated carbocycles. The molecule has 0 unspecified atom stereocenters. The predicted octanol–water partition coefficient (Wildman–Crippen LogP) is 2.17. The highest BCUT2D eigenvalue weighted by Gasteiger charge is 2.13. The molecule has 3 N–H and O–H groups in total. The van der Waals surface area contributed by atoms with Crippen LogP contribution in [0.5, 0.6) is 5.75 Å². The molecule has 0 atom stereocenters. The molecule has 1 amide bonds. The third-order valence-corrected chi connectivity index (χ3v) is 2.81. The summed E-state index contributed by atoms with van der Waals surface area (Å²) in [6.07, 6.45) is 0. The Balaban J connectivity index is 2.62. The van der Waals surface area contributed by atoms with Crippen molar-refractivity contribution in [1.82, 2.24) is 4.98 Å². The van der Waals surface area contributed by atoms with Crippen LogP contribution in [-0.2, 0) is 4.79 Å². The number of hydrogen-bond donors (Lipinski definition) is 2. The van der Waals surface area contributed by atoms with E-state index in [0.29, 0.717) is 22.8 Å². The van der Waals surface area contributed by atoms with Gasteiger partial charge >= 0.3 is 0 Å². The molecule has 1 aromatic heterocycles. The lowest BCUT2D eigenvalue weighted by atomic mass is 10.0. The number of methoxy groups -OCH3 is 1. The van der Waals surface area contributed by atoms with Gasteiger partial charge in [0, 0.05) is 18.6 Å². The number of nitriles is 1. The lowest BCUT2D eigenvalue weighted by molar-refractivity contribution is -0.114. The first-order valence-corrected chi connectivity index (χ1v) is 6.17. The lowest BCUT2D eigenvalue weighted by Gasteiger charge is -2.10. The number of rotatable bonds is 3. The summed E-state index contributed by atoms with van der Waals surface area (Å²) in [6.45, 7) is 1.38. The Morgan fingerprint density at radius 3 is 2.81 bits per heavy atom. The van der Waals surface area contributed by atoms with Gasteiger partial charge in [-0.25, -0.2) is 4.98 Å². The normalized spacial score (nSPS) is 9.76. The van der Waals surface area contributed by atoms with Gasteiger partial charge in [0.05, 0.1) is 18.5 Å². The van der Waals surface area contributed by atoms with Crippen LogP contribution in [0.3, 0.4) is 0 Å². The van der Waals surface area contributed by atoms with E-state index in [0.717, 1.165) is 0 Å². The highest BCUT2D eigenvalue weighted by atomic mass is 16.5. The summed E-state index contributed by atoms with van der Waals surface area (Å²) in [5.41, 5.74) is 7.48. The summed E-state index contributed by atoms with van der Waals surface area (Å²) in [5, 5.41) is 11.8. The molecule has 106 valence electrons. The van der Waals surface area contributed by atoms with E-state index in [1.54, 1.807) is 31.4 Å². The van der Waals surface area contributed by atoms with Gasteiger partial charge in [0.2, 0.25) is 5.91 Å². The first kappa shape index (κ1) is 14.3. The van der Waals surface area contributed by atoms with Crippen molar-refractivity contribution in [2.75, 3.05) is 18.2 Å². The lowest BCUT2D eigenvalue weighted by Crippen LogP contribution is -2.09. The van der Waals surface area contributed by atoms with Crippen molar-refractivity contribution < 1.29 is 9.53 Å². The van der Waals surface area contributed by atoms with Crippen molar-refractivity contribution in [2.45, 2.75) is 6.92 Å². The number of amides is 1. The van der Waals surface area contributed by atoms with Gasteiger partial charge in [-0.2, -0.15) is 5.26 Å². The number of benzene rings is 1. The summed E-state index contributed by atoms with van der Waals surface area (Å²) >= 11 is 0. The summed E-state index contributed by atoms with van der Waals surface area (Å²) in [6, 6.07) is 10.6. The fraction of sp³-hybridized carbons (Fsp3) is 0.133. The molecule has 0 aliphatic rings. The molecule has 0 radical (unpaired) electrons. The average Bonchev–Trinajstić information content (AvgIpc) is 2.46. The van der Waals surface area contributed by atoms with E-state index in [1.807, 2.05) is 6.07 Å². The molecule has 2 rings (SSSR count). The van der Waals surface area contributed by atoms with Gasteiger partial charge in [0.25, 0.3) is 0 Å². The molecule has 0 bridgehead atoms. The topological polar surface area (TPSA) is 101 Å². The second-order valence-corrected chi connectivity index (χ2v) is 4.35. The number of nitrogen functional groups attached to an aromatic ring is 1. The van der Waals surface area contributed by atoms with Gasteiger partial charge in [0.15, 0.2) is 0 Å². The smallest absolute Gasteiger partial charge is 0.222 e. The van der Waals surface area contributed by atoms with Crippen LogP contribution in [-0.4, -0.2) is 18.0 Å². The monoisotopic (exact) mass is 282 g/mol. The van der Waals surface area contributed by atoms with E-state index in [2.05, 4.69) is 10.3 Å². The molecule has 0 fully saturated rings. The molecule has 21 heavy (non-hydrogen) atoms. The molecule has 6 heteroatoms. The van der Waals surface area contributed by atoms with Crippen LogP contribution in [0, 0.1) is 11.3 Å². The van der Waals surface area contributed by atoms with Crippen LogP contribution in [0.1, 0.15) is 12.5 Å². The Labute approximate surface area is 122 Å². The van der Waals surface area contributed by atoms with Crippen molar-refractivity contribution >= 4 is 17.4 Å². The Morgan fingerprint density at radius 2 is 2.19 bits per heavy atom. The fourth-order valence-corrected chi connectivity index (χ4v) is 1.91. The summed E-state index contributed by atoms with van der Waals surface area (Å²) < 4.78 is 5.16. The zero-order valence-corrected chi connectivity index (χ0v) is 11.7. The van der Waals surface area contributed by atoms with Gasteiger partial charge in [-0.1, -0.05) is 12.1 Å². The van der Waals surface area contributed by atoms with Crippen molar-refractivity contribution in [2.24, 2.45) is 0 Å². The van der Waals surface area contributed by atoms with Crippen molar-refractivity contribution in [3.63, 3.8) is 0 Å². The number of carbonyl (C=O) groups is 1. The maximum atomic E-state index is 11.2. The zero-order valence-electron chi connectivity index (χ0n) is 11.7. The highest BCUT2D eigenvalue weighted by molar-refractivity contribution is 5.89. The highest BCUT2D eigenvalue weighted by Crippen LogP contribution is 2.30. The average molecular weight is 282 g/mol. The summed E-state index contributed by atoms with van der Waals surface area (Å²) in [4.78, 5) is 15.5. The van der Waals surface area contributed by atoms with Gasteiger partial charge < -0.3 is 15.8 Å². The van der Waals surface area contributed by atoms with Gasteiger partial charge in [-0.15, -0.1) is 0 Å². The third-order valence-electron chi connectivity index (χ3n) is 2.81. The van der Waals surface area contributed by atoms with Gasteiger partial charge in [0.1, 0.15) is 23.2 Å². The number of nitrogens with zero attached hydrogens (tertiary/aromatic N) is 2. The number of anilines is 2. The molecular weight excluding hydrogens is 268 g/mol. The van der Waals surface area contributed by atoms with E-state index < -0.39 is 0 Å². The molecule has 0 aliphatic heterocycles. The number of carbonyl (C=O) groups excluding carboxylic acids is 1. The molecule has 2 aromatic rings. The van der Waals surface area contributed by atoms with E-state index in [4.69, 9.17) is 10.5 Å². The van der Waals surface area contributed by atoms with Gasteiger partial charge in [-0.05, 0) is 12.1 Å². The first-order valence-electron chi connectivity index (χ1n) is 6.17. The summed E-state index contributed by atoms with van der Waals surface area (Å²) in [5.74, 6) is 0.682. The minimum Gasteiger partial charge on any atom is -0.497 e. The van der Waals surface area contributed by atoms with Crippen molar-refractivity contribution in [3.8, 4) is 23.1 Å². The van der Waals surface area contributed by atoms with Crippen molar-refractivity contribution in [1.29, 1.82) is 5.26 Å². The maximum absolute atomic E-state index is 11.2. The van der Waals surface area contributed by atoms with Crippen LogP contribution < -0.4 is 15.8 Å². The first-order chi connectivity index (χ1) is 10.0. The zero-order chi connectivity index (χ0) is 15.4. The number of ether oxygens (including phenoxy) is 1. The third kappa shape index (κ3) is 3.09. The van der Waals surface area contributed by atoms with Crippen molar-refractivity contribution in [3.05, 3.63) is 35.9 Å². The fourth-order valence-electron chi connectivity index (χ4n) is 1.91. The SMILES string of the molecule is COc1cccc(-c2nc(NC(C)=O)cc(N)c2C#N)c1. The molecule has 0 spiro atoms. The maximum Gasteiger partial charge on any atom is 0.222 e. The van der Waals surface area contributed by atoms with E-state index >= 15 is 0 Å². The minimum absolute atomic E-state index is 0.258. The molecule has 6 nitrogen and oxygen atoms in total. The molecular formula is C15H14N4O2. The standard InChI is InChI=1S/C15H14N4O2/c1-9(20)18-14-7-13(17)12(8-16)15(19-14)10-4-3-5-11(6-10)21-2/h3-7H,1-2H3,(H3,17,18,19,20). The quantitative estimate of drug-likeness (QED) is 0.898. The van der Waals surface area contributed by atoms with Gasteiger partial charge in [-0.3, -0.25) is 4.79 Å². The predicted molar refractivity (Wildman–Crippen MR) is 79.7 cm³/mol. The van der Waals surface area contributed by atoms with E-state index in [1.165, 1.54) is 13.0 Å². The number of pyridine rings is 1. The number of nitrogens with one attached hydrogen (secondary N) is 1. The second kappa shape index (κ2) is 5.92. The summed E-state index contributed by atoms with van der Waals surface area (Å²) in [7, 11) is 1.56. The number of hydrogen-bond acceptors (Lipinski definition) is 5. The largest absolute Gasteiger partial charge is 0.497 e. The Bertz CT molecular complexity index is 735. The molecule has 1 heterocycles. The Kier molecular flexibility index (Phi) is 4.05. The number of nitrogens with two attached hydrogens (primary N) is 1. The Morgan fingerprint density at radius 1 is 1.43 bits per heavy atom. The molecule has 0 aliphatic carbocycles. The van der Waals surface area contributed by atoms with Crippen LogP contribution in [0.25, 0.3) is 11.3 Å². The molecule has 0 saturated heterocycles. The van der Waals surface area contributed by atoms with Crippen LogP contribution in [0.2, 0.25) is 0 Å². The Hall–Kier alpha value is -3.07.